The SMILES string of the molecule is CC(=O)[C@@H](O)N1C(=O)C=CCC1=O. The number of hydrogen-bond donors (Lipinski definition) is 1. The lowest BCUT2D eigenvalue weighted by Gasteiger charge is -2.24. The van der Waals surface area contributed by atoms with E-state index in [0.29, 0.717) is 4.90 Å². The zero-order valence-corrected chi connectivity index (χ0v) is 7.06. The van der Waals surface area contributed by atoms with Crippen molar-refractivity contribution in [3.8, 4) is 0 Å². The largest absolute Gasteiger partial charge is 0.366 e. The van der Waals surface area contributed by atoms with Crippen molar-refractivity contribution in [1.29, 1.82) is 0 Å². The molecule has 1 rings (SSSR count). The number of Topliss-reactive ketones (excluding diaryl/α,β-unsaturated/α-hetero) is 1. The van der Waals surface area contributed by atoms with Gasteiger partial charge in [0.15, 0.2) is 12.0 Å². The topological polar surface area (TPSA) is 74.7 Å². The first-order chi connectivity index (χ1) is 6.04. The molecule has 13 heavy (non-hydrogen) atoms. The van der Waals surface area contributed by atoms with E-state index in [2.05, 4.69) is 0 Å². The molecule has 0 aliphatic carbocycles. The van der Waals surface area contributed by atoms with Crippen molar-refractivity contribution < 1.29 is 19.5 Å². The molecule has 0 saturated heterocycles. The number of rotatable bonds is 2. The summed E-state index contributed by atoms with van der Waals surface area (Å²) in [5.74, 6) is -1.84. The van der Waals surface area contributed by atoms with Crippen molar-refractivity contribution in [2.24, 2.45) is 0 Å². The van der Waals surface area contributed by atoms with Crippen LogP contribution in [0, 0.1) is 0 Å². The maximum atomic E-state index is 11.1. The van der Waals surface area contributed by atoms with E-state index in [1.807, 2.05) is 0 Å². The lowest BCUT2D eigenvalue weighted by Crippen LogP contribution is -2.48. The molecule has 0 unspecified atom stereocenters. The lowest BCUT2D eigenvalue weighted by atomic mass is 10.2. The lowest BCUT2D eigenvalue weighted by molar-refractivity contribution is -0.159. The first-order valence-corrected chi connectivity index (χ1v) is 3.75. The Bertz CT molecular complexity index is 295. The molecule has 0 spiro atoms. The molecular formula is C8H9NO4. The number of amides is 2. The van der Waals surface area contributed by atoms with Gasteiger partial charge in [0, 0.05) is 12.5 Å². The minimum atomic E-state index is -1.65. The molecule has 5 nitrogen and oxygen atoms in total. The fourth-order valence-corrected chi connectivity index (χ4v) is 1.00. The van der Waals surface area contributed by atoms with Crippen LogP contribution in [0.2, 0.25) is 0 Å². The highest BCUT2D eigenvalue weighted by Crippen LogP contribution is 2.08. The third-order valence-electron chi connectivity index (χ3n) is 1.67. The Morgan fingerprint density at radius 1 is 1.62 bits per heavy atom. The van der Waals surface area contributed by atoms with Crippen LogP contribution in [0.4, 0.5) is 0 Å². The summed E-state index contributed by atoms with van der Waals surface area (Å²) in [7, 11) is 0. The number of nitrogens with zero attached hydrogens (tertiary/aromatic N) is 1. The van der Waals surface area contributed by atoms with Crippen molar-refractivity contribution in [2.75, 3.05) is 0 Å². The van der Waals surface area contributed by atoms with E-state index in [0.717, 1.165) is 13.0 Å². The van der Waals surface area contributed by atoms with Crippen LogP contribution < -0.4 is 0 Å². The number of imide groups is 1. The third-order valence-corrected chi connectivity index (χ3v) is 1.67. The quantitative estimate of drug-likeness (QED) is 0.569. The molecular weight excluding hydrogens is 174 g/mol. The summed E-state index contributed by atoms with van der Waals surface area (Å²) >= 11 is 0. The number of carbonyl (C=O) groups excluding carboxylic acids is 3. The molecule has 1 atom stereocenters. The maximum absolute atomic E-state index is 11.1. The maximum Gasteiger partial charge on any atom is 0.255 e. The van der Waals surface area contributed by atoms with Gasteiger partial charge in [0.05, 0.1) is 0 Å². The smallest absolute Gasteiger partial charge is 0.255 e. The Kier molecular flexibility index (Phi) is 2.57. The molecule has 2 amide bonds. The summed E-state index contributed by atoms with van der Waals surface area (Å²) in [6.45, 7) is 1.11. The van der Waals surface area contributed by atoms with E-state index >= 15 is 0 Å². The van der Waals surface area contributed by atoms with Gasteiger partial charge < -0.3 is 5.11 Å². The zero-order valence-electron chi connectivity index (χ0n) is 7.06. The van der Waals surface area contributed by atoms with Gasteiger partial charge in [-0.2, -0.15) is 0 Å². The molecule has 1 aliphatic heterocycles. The summed E-state index contributed by atoms with van der Waals surface area (Å²) in [6, 6.07) is 0. The fourth-order valence-electron chi connectivity index (χ4n) is 1.00. The van der Waals surface area contributed by atoms with Crippen LogP contribution in [0.25, 0.3) is 0 Å². The molecule has 0 aromatic rings. The Morgan fingerprint density at radius 3 is 2.69 bits per heavy atom. The minimum Gasteiger partial charge on any atom is -0.366 e. The third kappa shape index (κ3) is 1.81. The molecule has 0 aromatic heterocycles. The highest BCUT2D eigenvalue weighted by molar-refractivity contribution is 6.06. The van der Waals surface area contributed by atoms with Crippen molar-refractivity contribution in [1.82, 2.24) is 4.90 Å². The van der Waals surface area contributed by atoms with Crippen LogP contribution in [0.5, 0.6) is 0 Å². The standard InChI is InChI=1S/C8H9NO4/c1-5(10)8(13)9-6(11)3-2-4-7(9)12/h2-3,8,13H,4H2,1H3/t8-/m1/s1. The van der Waals surface area contributed by atoms with Crippen molar-refractivity contribution in [3.63, 3.8) is 0 Å². The number of carbonyl (C=O) groups is 3. The van der Waals surface area contributed by atoms with Gasteiger partial charge in [0.2, 0.25) is 5.91 Å². The number of hydrogen-bond acceptors (Lipinski definition) is 4. The molecule has 0 bridgehead atoms. The Balaban J connectivity index is 2.89. The number of ketones is 1. The van der Waals surface area contributed by atoms with E-state index in [-0.39, 0.29) is 6.42 Å². The van der Waals surface area contributed by atoms with E-state index in [4.69, 9.17) is 0 Å². The van der Waals surface area contributed by atoms with Gasteiger partial charge in [-0.25, -0.2) is 4.90 Å². The molecule has 1 aliphatic rings. The second-order valence-electron chi connectivity index (χ2n) is 2.69. The summed E-state index contributed by atoms with van der Waals surface area (Å²) in [5, 5.41) is 9.19. The van der Waals surface area contributed by atoms with Gasteiger partial charge in [0.25, 0.3) is 5.91 Å². The molecule has 1 N–H and O–H groups in total. The molecule has 0 radical (unpaired) electrons. The van der Waals surface area contributed by atoms with Crippen LogP contribution in [0.15, 0.2) is 12.2 Å². The molecule has 5 heteroatoms. The predicted octanol–water partition coefficient (Wildman–Crippen LogP) is -0.791. The Labute approximate surface area is 74.6 Å². The summed E-state index contributed by atoms with van der Waals surface area (Å²) < 4.78 is 0. The van der Waals surface area contributed by atoms with Gasteiger partial charge in [-0.05, 0) is 6.92 Å². The van der Waals surface area contributed by atoms with Gasteiger partial charge in [0.1, 0.15) is 0 Å². The van der Waals surface area contributed by atoms with E-state index in [1.165, 1.54) is 6.08 Å². The molecule has 0 fully saturated rings. The Morgan fingerprint density at radius 2 is 2.23 bits per heavy atom. The molecule has 0 aromatic carbocycles. The van der Waals surface area contributed by atoms with Gasteiger partial charge >= 0.3 is 0 Å². The monoisotopic (exact) mass is 183 g/mol. The molecule has 70 valence electrons. The summed E-state index contributed by atoms with van der Waals surface area (Å²) in [4.78, 5) is 33.4. The normalized spacial score (nSPS) is 19.1. The average Bonchev–Trinajstić information content (AvgIpc) is 2.03. The minimum absolute atomic E-state index is 0.0378. The van der Waals surface area contributed by atoms with E-state index in [1.54, 1.807) is 0 Å². The summed E-state index contributed by atoms with van der Waals surface area (Å²) in [5.41, 5.74) is 0. The number of aliphatic hydroxyl groups is 1. The fraction of sp³-hybridized carbons (Fsp3) is 0.375. The highest BCUT2D eigenvalue weighted by Gasteiger charge is 2.30. The van der Waals surface area contributed by atoms with Crippen LogP contribution in [-0.2, 0) is 14.4 Å². The molecule has 0 saturated carbocycles. The zero-order chi connectivity index (χ0) is 10.0. The first kappa shape index (κ1) is 9.60. The predicted molar refractivity (Wildman–Crippen MR) is 42.3 cm³/mol. The van der Waals surface area contributed by atoms with Crippen molar-refractivity contribution in [2.45, 2.75) is 19.6 Å². The second kappa shape index (κ2) is 3.49. The van der Waals surface area contributed by atoms with E-state index < -0.39 is 23.8 Å². The molecule has 1 heterocycles. The Hall–Kier alpha value is -1.49. The number of aliphatic hydroxyl groups excluding tert-OH is 1. The first-order valence-electron chi connectivity index (χ1n) is 3.75. The van der Waals surface area contributed by atoms with Crippen LogP contribution in [0.3, 0.4) is 0 Å². The van der Waals surface area contributed by atoms with Gasteiger partial charge in [-0.15, -0.1) is 0 Å². The van der Waals surface area contributed by atoms with Gasteiger partial charge in [-0.1, -0.05) is 6.08 Å². The second-order valence-corrected chi connectivity index (χ2v) is 2.69. The van der Waals surface area contributed by atoms with Gasteiger partial charge in [-0.3, -0.25) is 14.4 Å². The van der Waals surface area contributed by atoms with E-state index in [9.17, 15) is 19.5 Å². The average molecular weight is 183 g/mol. The summed E-state index contributed by atoms with van der Waals surface area (Å²) in [6.07, 6.45) is 0.947. The van der Waals surface area contributed by atoms with Crippen LogP contribution >= 0.6 is 0 Å². The van der Waals surface area contributed by atoms with Crippen molar-refractivity contribution >= 4 is 17.6 Å². The van der Waals surface area contributed by atoms with Crippen LogP contribution in [-0.4, -0.2) is 33.8 Å². The highest BCUT2D eigenvalue weighted by atomic mass is 16.3. The van der Waals surface area contributed by atoms with Crippen LogP contribution in [0.1, 0.15) is 13.3 Å². The van der Waals surface area contributed by atoms with Crippen molar-refractivity contribution in [3.05, 3.63) is 12.2 Å².